The number of quaternary nitrogens is 1. The van der Waals surface area contributed by atoms with Gasteiger partial charge < -0.3 is 10.7 Å². The molecule has 0 atom stereocenters. The van der Waals surface area contributed by atoms with Gasteiger partial charge in [0.1, 0.15) is 5.54 Å². The van der Waals surface area contributed by atoms with Gasteiger partial charge in [0.25, 0.3) is 5.56 Å². The number of aromatic nitrogens is 4. The second-order valence-electron chi connectivity index (χ2n) is 7.40. The second-order valence-corrected chi connectivity index (χ2v) is 7.40. The zero-order chi connectivity index (χ0) is 19.1. The van der Waals surface area contributed by atoms with Crippen molar-refractivity contribution >= 4 is 11.2 Å². The van der Waals surface area contributed by atoms with Gasteiger partial charge in [0.2, 0.25) is 0 Å². The molecule has 1 saturated carbocycles. The molecule has 2 aromatic carbocycles. The summed E-state index contributed by atoms with van der Waals surface area (Å²) in [6.45, 7) is 0. The molecule has 28 heavy (non-hydrogen) atoms. The Morgan fingerprint density at radius 1 is 0.893 bits per heavy atom. The molecule has 4 N–H and O–H groups in total. The lowest BCUT2D eigenvalue weighted by molar-refractivity contribution is -0.509. The van der Waals surface area contributed by atoms with E-state index in [9.17, 15) is 4.79 Å². The van der Waals surface area contributed by atoms with Crippen LogP contribution in [-0.2, 0) is 5.54 Å². The van der Waals surface area contributed by atoms with Gasteiger partial charge in [0.05, 0.1) is 17.7 Å². The molecule has 1 aliphatic carbocycles. The number of H-pyrrole nitrogens is 1. The number of hydrogen-bond donors (Lipinski definition) is 2. The molecule has 4 aromatic rings. The van der Waals surface area contributed by atoms with E-state index < -0.39 is 0 Å². The summed E-state index contributed by atoms with van der Waals surface area (Å²) >= 11 is 0. The number of nitrogens with zero attached hydrogens (tertiary/aromatic N) is 3. The van der Waals surface area contributed by atoms with Gasteiger partial charge in [-0.3, -0.25) is 4.79 Å². The van der Waals surface area contributed by atoms with Crippen molar-refractivity contribution in [1.82, 2.24) is 19.9 Å². The quantitative estimate of drug-likeness (QED) is 0.579. The first-order valence-corrected chi connectivity index (χ1v) is 9.41. The molecule has 0 aliphatic heterocycles. The summed E-state index contributed by atoms with van der Waals surface area (Å²) in [5, 5.41) is 0. The fourth-order valence-electron chi connectivity index (χ4n) is 3.76. The standard InChI is InChI=1S/C22H19N5O/c23-22(11-4-12-22)16-9-7-15(8-10-16)17-18(14-5-2-1-3-6-14)27-20-19(26-17)21(28)25-13-24-20/h1-3,5-10,13H,4,11-12,23H2,(H,24,25,27,28)/p+1. The molecule has 1 aliphatic rings. The van der Waals surface area contributed by atoms with Crippen molar-refractivity contribution in [2.75, 3.05) is 0 Å². The molecule has 0 spiro atoms. The number of nitrogens with one attached hydrogen (secondary N) is 1. The third-order valence-electron chi connectivity index (χ3n) is 5.60. The average Bonchev–Trinajstić information content (AvgIpc) is 2.72. The highest BCUT2D eigenvalue weighted by Gasteiger charge is 2.38. The summed E-state index contributed by atoms with van der Waals surface area (Å²) in [6.07, 6.45) is 4.83. The fourth-order valence-corrected chi connectivity index (χ4v) is 3.76. The van der Waals surface area contributed by atoms with Crippen LogP contribution >= 0.6 is 0 Å². The Hall–Kier alpha value is -3.38. The molecule has 0 radical (unpaired) electrons. The summed E-state index contributed by atoms with van der Waals surface area (Å²) < 4.78 is 0. The highest BCUT2D eigenvalue weighted by atomic mass is 16.1. The number of rotatable bonds is 3. The van der Waals surface area contributed by atoms with E-state index in [4.69, 9.17) is 0 Å². The summed E-state index contributed by atoms with van der Waals surface area (Å²) in [5.74, 6) is 0. The lowest BCUT2D eigenvalue weighted by Crippen LogP contribution is -2.73. The summed E-state index contributed by atoms with van der Waals surface area (Å²) in [5.41, 5.74) is 9.21. The fraction of sp³-hybridized carbons (Fsp3) is 0.182. The van der Waals surface area contributed by atoms with E-state index in [1.165, 1.54) is 18.3 Å². The topological polar surface area (TPSA) is 99.2 Å². The first-order valence-electron chi connectivity index (χ1n) is 9.41. The van der Waals surface area contributed by atoms with Gasteiger partial charge in [-0.05, 0) is 6.42 Å². The van der Waals surface area contributed by atoms with E-state index in [-0.39, 0.29) is 16.6 Å². The average molecular weight is 370 g/mol. The van der Waals surface area contributed by atoms with Gasteiger partial charge >= 0.3 is 0 Å². The van der Waals surface area contributed by atoms with E-state index in [1.807, 2.05) is 42.5 Å². The van der Waals surface area contributed by atoms with Crippen molar-refractivity contribution in [3.8, 4) is 22.5 Å². The molecule has 0 saturated heterocycles. The van der Waals surface area contributed by atoms with Crippen LogP contribution in [0.1, 0.15) is 24.8 Å². The molecule has 6 heteroatoms. The number of hydrogen-bond acceptors (Lipinski definition) is 4. The summed E-state index contributed by atoms with van der Waals surface area (Å²) in [7, 11) is 0. The molecule has 5 rings (SSSR count). The Kier molecular flexibility index (Phi) is 3.80. The molecule has 6 nitrogen and oxygen atoms in total. The maximum Gasteiger partial charge on any atom is 0.278 e. The van der Waals surface area contributed by atoms with Crippen LogP contribution in [0.25, 0.3) is 33.7 Å². The Bertz CT molecular complexity index is 1210. The highest BCUT2D eigenvalue weighted by molar-refractivity contribution is 5.84. The Labute approximate surface area is 161 Å². The maximum atomic E-state index is 12.2. The summed E-state index contributed by atoms with van der Waals surface area (Å²) in [4.78, 5) is 28.3. The zero-order valence-corrected chi connectivity index (χ0v) is 15.4. The molecule has 0 unspecified atom stereocenters. The van der Waals surface area contributed by atoms with Crippen LogP contribution in [0, 0.1) is 0 Å². The smallest absolute Gasteiger partial charge is 0.278 e. The Morgan fingerprint density at radius 3 is 2.25 bits per heavy atom. The van der Waals surface area contributed by atoms with Crippen LogP contribution in [0.3, 0.4) is 0 Å². The van der Waals surface area contributed by atoms with Crippen LogP contribution < -0.4 is 11.3 Å². The van der Waals surface area contributed by atoms with Gasteiger partial charge in [0.15, 0.2) is 11.2 Å². The van der Waals surface area contributed by atoms with Crippen LogP contribution in [0.5, 0.6) is 0 Å². The van der Waals surface area contributed by atoms with Gasteiger partial charge in [-0.1, -0.05) is 54.6 Å². The Balaban J connectivity index is 1.71. The number of fused-ring (bicyclic) bond motifs is 1. The molecule has 2 aromatic heterocycles. The second kappa shape index (κ2) is 6.35. The monoisotopic (exact) mass is 370 g/mol. The number of benzene rings is 2. The van der Waals surface area contributed by atoms with E-state index in [0.29, 0.717) is 17.0 Å². The van der Waals surface area contributed by atoms with Crippen molar-refractivity contribution in [2.45, 2.75) is 24.8 Å². The molecule has 1 fully saturated rings. The zero-order valence-electron chi connectivity index (χ0n) is 15.4. The minimum absolute atomic E-state index is 0.0386. The molecular formula is C22H20N5O+. The maximum absolute atomic E-state index is 12.2. The minimum atomic E-state index is -0.291. The van der Waals surface area contributed by atoms with Crippen LogP contribution in [0.4, 0.5) is 0 Å². The predicted molar refractivity (Wildman–Crippen MR) is 107 cm³/mol. The third kappa shape index (κ3) is 2.70. The first kappa shape index (κ1) is 16.8. The van der Waals surface area contributed by atoms with Gasteiger partial charge in [-0.2, -0.15) is 0 Å². The Morgan fingerprint density at radius 2 is 1.57 bits per heavy atom. The lowest BCUT2D eigenvalue weighted by atomic mass is 9.72. The lowest BCUT2D eigenvalue weighted by Gasteiger charge is -2.34. The van der Waals surface area contributed by atoms with Gasteiger partial charge in [-0.15, -0.1) is 0 Å². The van der Waals surface area contributed by atoms with E-state index in [2.05, 4.69) is 37.8 Å². The van der Waals surface area contributed by atoms with E-state index in [0.717, 1.165) is 24.0 Å². The van der Waals surface area contributed by atoms with Gasteiger partial charge in [0, 0.05) is 29.5 Å². The van der Waals surface area contributed by atoms with Crippen LogP contribution in [-0.4, -0.2) is 19.9 Å². The van der Waals surface area contributed by atoms with Gasteiger partial charge in [-0.25, -0.2) is 15.0 Å². The van der Waals surface area contributed by atoms with Crippen molar-refractivity contribution < 1.29 is 5.73 Å². The number of aromatic amines is 1. The SMILES string of the molecule is [NH3+]C1(c2ccc(-c3nc4c(=O)[nH]cnc4nc3-c3ccccc3)cc2)CCC1. The van der Waals surface area contributed by atoms with E-state index in [1.54, 1.807) is 0 Å². The normalized spacial score (nSPS) is 15.3. The highest BCUT2D eigenvalue weighted by Crippen LogP contribution is 2.38. The summed E-state index contributed by atoms with van der Waals surface area (Å²) in [6, 6.07) is 18.2. The van der Waals surface area contributed by atoms with Crippen LogP contribution in [0.2, 0.25) is 0 Å². The molecule has 0 amide bonds. The van der Waals surface area contributed by atoms with E-state index >= 15 is 0 Å². The predicted octanol–water partition coefficient (Wildman–Crippen LogP) is 2.67. The largest absolute Gasteiger partial charge is 0.349 e. The van der Waals surface area contributed by atoms with Crippen molar-refractivity contribution in [2.24, 2.45) is 0 Å². The molecule has 0 bridgehead atoms. The molecule has 2 heterocycles. The van der Waals surface area contributed by atoms with Crippen molar-refractivity contribution in [3.05, 3.63) is 76.8 Å². The van der Waals surface area contributed by atoms with Crippen LogP contribution in [0.15, 0.2) is 65.7 Å². The minimum Gasteiger partial charge on any atom is -0.349 e. The van der Waals surface area contributed by atoms with Crippen molar-refractivity contribution in [3.63, 3.8) is 0 Å². The molecular weight excluding hydrogens is 350 g/mol. The molecule has 138 valence electrons. The first-order chi connectivity index (χ1) is 13.6. The third-order valence-corrected chi connectivity index (χ3v) is 5.60. The van der Waals surface area contributed by atoms with Crippen molar-refractivity contribution in [1.29, 1.82) is 0 Å².